The van der Waals surface area contributed by atoms with Crippen molar-refractivity contribution >= 4 is 24.0 Å². The van der Waals surface area contributed by atoms with Gasteiger partial charge in [0, 0.05) is 11.7 Å². The maximum absolute atomic E-state index is 12.3. The van der Waals surface area contributed by atoms with Gasteiger partial charge < -0.3 is 11.1 Å². The molecule has 4 heteroatoms. The number of para-hydroxylation sites is 1. The zero-order valence-electron chi connectivity index (χ0n) is 12.5. The predicted molar refractivity (Wildman–Crippen MR) is 86.3 cm³/mol. The van der Waals surface area contributed by atoms with Crippen LogP contribution >= 0.6 is 12.4 Å². The van der Waals surface area contributed by atoms with E-state index in [-0.39, 0.29) is 35.7 Å². The highest BCUT2D eigenvalue weighted by Crippen LogP contribution is 2.31. The second kappa shape index (κ2) is 6.59. The van der Waals surface area contributed by atoms with Crippen molar-refractivity contribution in [1.29, 1.82) is 0 Å². The fourth-order valence-corrected chi connectivity index (χ4v) is 2.79. The molecule has 1 aliphatic rings. The van der Waals surface area contributed by atoms with Gasteiger partial charge in [0.2, 0.25) is 5.91 Å². The lowest BCUT2D eigenvalue weighted by Crippen LogP contribution is -2.34. The molecule has 0 spiro atoms. The lowest BCUT2D eigenvalue weighted by atomic mass is 9.85. The van der Waals surface area contributed by atoms with Gasteiger partial charge in [0.05, 0.1) is 5.92 Å². The molecule has 0 aliphatic heterocycles. The molecule has 0 heterocycles. The smallest absolute Gasteiger partial charge is 0.229 e. The van der Waals surface area contributed by atoms with Crippen LogP contribution < -0.4 is 11.1 Å². The van der Waals surface area contributed by atoms with Gasteiger partial charge in [-0.3, -0.25) is 4.79 Å². The molecular formula is C16H25ClN2O. The molecule has 0 aromatic heterocycles. The summed E-state index contributed by atoms with van der Waals surface area (Å²) < 4.78 is 0. The van der Waals surface area contributed by atoms with Gasteiger partial charge in [-0.25, -0.2) is 0 Å². The molecule has 1 aromatic rings. The number of anilines is 1. The van der Waals surface area contributed by atoms with Crippen molar-refractivity contribution in [2.45, 2.75) is 51.5 Å². The van der Waals surface area contributed by atoms with Gasteiger partial charge in [0.15, 0.2) is 0 Å². The molecule has 0 bridgehead atoms. The average molecular weight is 297 g/mol. The van der Waals surface area contributed by atoms with E-state index in [2.05, 4.69) is 32.2 Å². The first-order valence-electron chi connectivity index (χ1n) is 7.05. The van der Waals surface area contributed by atoms with Crippen LogP contribution in [-0.4, -0.2) is 11.9 Å². The van der Waals surface area contributed by atoms with E-state index in [1.165, 1.54) is 0 Å². The maximum Gasteiger partial charge on any atom is 0.229 e. The van der Waals surface area contributed by atoms with Crippen LogP contribution in [0, 0.1) is 5.92 Å². The molecule has 1 amide bonds. The number of nitrogens with one attached hydrogen (secondary N) is 1. The monoisotopic (exact) mass is 296 g/mol. The van der Waals surface area contributed by atoms with Crippen molar-refractivity contribution in [3.05, 3.63) is 29.8 Å². The van der Waals surface area contributed by atoms with E-state index < -0.39 is 0 Å². The summed E-state index contributed by atoms with van der Waals surface area (Å²) in [5.74, 6) is 0.0368. The fraction of sp³-hybridized carbons (Fsp3) is 0.562. The Balaban J connectivity index is 0.00000200. The van der Waals surface area contributed by atoms with E-state index in [1.807, 2.05) is 18.2 Å². The summed E-state index contributed by atoms with van der Waals surface area (Å²) in [6, 6.07) is 8.03. The number of amides is 1. The maximum atomic E-state index is 12.3. The van der Waals surface area contributed by atoms with Crippen LogP contribution in [0.2, 0.25) is 0 Å². The topological polar surface area (TPSA) is 55.1 Å². The number of hydrogen-bond donors (Lipinski definition) is 2. The Morgan fingerprint density at radius 1 is 1.25 bits per heavy atom. The Morgan fingerprint density at radius 2 is 1.90 bits per heavy atom. The van der Waals surface area contributed by atoms with Gasteiger partial charge in [0.1, 0.15) is 0 Å². The summed E-state index contributed by atoms with van der Waals surface area (Å²) in [6.45, 7) is 6.46. The van der Waals surface area contributed by atoms with E-state index in [4.69, 9.17) is 5.73 Å². The minimum atomic E-state index is -0.0342. The van der Waals surface area contributed by atoms with Gasteiger partial charge in [0.25, 0.3) is 0 Å². The highest BCUT2D eigenvalue weighted by Gasteiger charge is 2.31. The van der Waals surface area contributed by atoms with Crippen molar-refractivity contribution in [2.24, 2.45) is 11.7 Å². The highest BCUT2D eigenvalue weighted by atomic mass is 35.5. The third kappa shape index (κ3) is 3.74. The number of carbonyl (C=O) groups is 1. The van der Waals surface area contributed by atoms with E-state index in [1.54, 1.807) is 0 Å². The van der Waals surface area contributed by atoms with Crippen molar-refractivity contribution in [3.8, 4) is 0 Å². The third-order valence-electron chi connectivity index (χ3n) is 3.90. The van der Waals surface area contributed by atoms with Crippen LogP contribution in [0.1, 0.15) is 45.6 Å². The first-order chi connectivity index (χ1) is 8.89. The number of halogens is 1. The Morgan fingerprint density at radius 3 is 2.45 bits per heavy atom. The molecule has 1 fully saturated rings. The van der Waals surface area contributed by atoms with Crippen molar-refractivity contribution in [1.82, 2.24) is 0 Å². The first kappa shape index (κ1) is 17.0. The molecule has 0 radical (unpaired) electrons. The zero-order chi connectivity index (χ0) is 14.0. The van der Waals surface area contributed by atoms with Crippen molar-refractivity contribution < 1.29 is 4.79 Å². The normalized spacial score (nSPS) is 22.2. The molecule has 2 atom stereocenters. The molecule has 2 unspecified atom stereocenters. The molecule has 1 aromatic carbocycles. The molecule has 1 aliphatic carbocycles. The number of benzene rings is 1. The van der Waals surface area contributed by atoms with Gasteiger partial charge in [-0.2, -0.15) is 0 Å². The highest BCUT2D eigenvalue weighted by molar-refractivity contribution is 5.94. The molecule has 1 saturated carbocycles. The quantitative estimate of drug-likeness (QED) is 0.878. The Bertz CT molecular complexity index is 468. The lowest BCUT2D eigenvalue weighted by molar-refractivity contribution is -0.120. The number of carbonyl (C=O) groups excluding carboxylic acids is 1. The summed E-state index contributed by atoms with van der Waals surface area (Å²) in [5, 5.41) is 3.07. The molecule has 112 valence electrons. The van der Waals surface area contributed by atoms with E-state index in [0.717, 1.165) is 30.5 Å². The van der Waals surface area contributed by atoms with E-state index in [0.29, 0.717) is 0 Å². The largest absolute Gasteiger partial charge is 0.327 e. The van der Waals surface area contributed by atoms with Crippen LogP contribution in [0.3, 0.4) is 0 Å². The summed E-state index contributed by atoms with van der Waals surface area (Å²) in [4.78, 5) is 12.3. The van der Waals surface area contributed by atoms with Gasteiger partial charge >= 0.3 is 0 Å². The van der Waals surface area contributed by atoms with Crippen LogP contribution in [0.15, 0.2) is 24.3 Å². The lowest BCUT2D eigenvalue weighted by Gasteiger charge is -2.24. The van der Waals surface area contributed by atoms with Gasteiger partial charge in [-0.15, -0.1) is 12.4 Å². The van der Waals surface area contributed by atoms with Gasteiger partial charge in [-0.05, 0) is 29.9 Å². The zero-order valence-corrected chi connectivity index (χ0v) is 13.3. The molecule has 3 N–H and O–H groups in total. The summed E-state index contributed by atoms with van der Waals surface area (Å²) in [7, 11) is 0. The average Bonchev–Trinajstić information content (AvgIpc) is 2.75. The third-order valence-corrected chi connectivity index (χ3v) is 3.90. The van der Waals surface area contributed by atoms with Crippen molar-refractivity contribution in [3.63, 3.8) is 0 Å². The van der Waals surface area contributed by atoms with Crippen LogP contribution in [-0.2, 0) is 10.2 Å². The number of rotatable bonds is 2. The standard InChI is InChI=1S/C16H24N2O.ClH/c1-16(2,3)12-8-4-5-10-14(12)18-15(19)11-7-6-9-13(11)17;/h4-5,8,10-11,13H,6-7,9,17H2,1-3H3,(H,18,19);1H. The van der Waals surface area contributed by atoms with Crippen LogP contribution in [0.25, 0.3) is 0 Å². The van der Waals surface area contributed by atoms with E-state index in [9.17, 15) is 4.79 Å². The van der Waals surface area contributed by atoms with Crippen LogP contribution in [0.4, 0.5) is 5.69 Å². The minimum Gasteiger partial charge on any atom is -0.327 e. The second-order valence-electron chi connectivity index (χ2n) is 6.49. The Hall–Kier alpha value is -1.06. The SMILES string of the molecule is CC(C)(C)c1ccccc1NC(=O)C1CCCC1N.Cl. The Labute approximate surface area is 127 Å². The summed E-state index contributed by atoms with van der Waals surface area (Å²) >= 11 is 0. The summed E-state index contributed by atoms with van der Waals surface area (Å²) in [6.07, 6.45) is 2.92. The summed E-state index contributed by atoms with van der Waals surface area (Å²) in [5.41, 5.74) is 8.09. The van der Waals surface area contributed by atoms with Gasteiger partial charge in [-0.1, -0.05) is 45.4 Å². The molecule has 3 nitrogen and oxygen atoms in total. The van der Waals surface area contributed by atoms with Crippen molar-refractivity contribution in [2.75, 3.05) is 5.32 Å². The molecule has 2 rings (SSSR count). The number of nitrogens with two attached hydrogens (primary N) is 1. The second-order valence-corrected chi connectivity index (χ2v) is 6.49. The fourth-order valence-electron chi connectivity index (χ4n) is 2.79. The molecule has 20 heavy (non-hydrogen) atoms. The number of hydrogen-bond acceptors (Lipinski definition) is 2. The van der Waals surface area contributed by atoms with Crippen LogP contribution in [0.5, 0.6) is 0 Å². The minimum absolute atomic E-state index is 0. The molecule has 0 saturated heterocycles. The molecular weight excluding hydrogens is 272 g/mol. The Kier molecular flexibility index (Phi) is 5.60. The van der Waals surface area contributed by atoms with E-state index >= 15 is 0 Å². The predicted octanol–water partition coefficient (Wildman–Crippen LogP) is 3.47. The first-order valence-corrected chi connectivity index (χ1v) is 7.05.